The van der Waals surface area contributed by atoms with Crippen LogP contribution >= 0.6 is 0 Å². The second-order valence-electron chi connectivity index (χ2n) is 3.15. The summed E-state index contributed by atoms with van der Waals surface area (Å²) in [6.07, 6.45) is -1.29. The van der Waals surface area contributed by atoms with Crippen LogP contribution in [0.1, 0.15) is 13.8 Å². The maximum Gasteiger partial charge on any atom is 0.421 e. The molecule has 0 radical (unpaired) electrons. The zero-order valence-electron chi connectivity index (χ0n) is 11.2. The summed E-state index contributed by atoms with van der Waals surface area (Å²) in [4.78, 5) is 33.8. The second kappa shape index (κ2) is 8.32. The number of rotatable bonds is 7. The Morgan fingerprint density at radius 3 is 1.85 bits per heavy atom. The van der Waals surface area contributed by atoms with Crippen molar-refractivity contribution >= 4 is 28.2 Å². The molecule has 20 heavy (non-hydrogen) atoms. The lowest BCUT2D eigenvalue weighted by atomic mass is 10.3. The van der Waals surface area contributed by atoms with Crippen molar-refractivity contribution in [2.24, 2.45) is 0 Å². The summed E-state index contributed by atoms with van der Waals surface area (Å²) in [6.45, 7) is 2.81. The number of esters is 2. The van der Waals surface area contributed by atoms with Gasteiger partial charge < -0.3 is 14.2 Å². The third kappa shape index (κ3) is 6.33. The molecule has 0 saturated heterocycles. The monoisotopic (exact) mass is 312 g/mol. The average molecular weight is 312 g/mol. The molecule has 0 saturated carbocycles. The molecule has 116 valence electrons. The van der Waals surface area contributed by atoms with Crippen molar-refractivity contribution in [3.8, 4) is 0 Å². The number of amides is 1. The van der Waals surface area contributed by atoms with E-state index in [9.17, 15) is 22.8 Å². The molecule has 0 aliphatic rings. The van der Waals surface area contributed by atoms with Crippen molar-refractivity contribution in [1.82, 2.24) is 9.44 Å². The largest absolute Gasteiger partial charge is 0.464 e. The maximum atomic E-state index is 11.5. The topological polar surface area (TPSA) is 137 Å². The summed E-state index contributed by atoms with van der Waals surface area (Å²) in [7, 11) is -3.55. The van der Waals surface area contributed by atoms with E-state index in [1.54, 1.807) is 4.72 Å². The average Bonchev–Trinajstić information content (AvgIpc) is 2.35. The van der Waals surface area contributed by atoms with Gasteiger partial charge in [0, 0.05) is 0 Å². The quantitative estimate of drug-likeness (QED) is 0.335. The summed E-state index contributed by atoms with van der Waals surface area (Å²) in [5.41, 5.74) is 0. The SMILES string of the molecule is CCOC(=O)C(NS(=O)(=O)NC(=O)OC)C(=O)OCC. The van der Waals surface area contributed by atoms with Crippen LogP contribution in [-0.4, -0.2) is 52.8 Å². The van der Waals surface area contributed by atoms with Crippen molar-refractivity contribution in [2.75, 3.05) is 20.3 Å². The van der Waals surface area contributed by atoms with E-state index in [2.05, 4.69) is 14.2 Å². The molecule has 1 amide bonds. The van der Waals surface area contributed by atoms with Gasteiger partial charge in [-0.3, -0.25) is 0 Å². The number of hydrogen-bond donors (Lipinski definition) is 2. The van der Waals surface area contributed by atoms with Gasteiger partial charge in [0.25, 0.3) is 0 Å². The van der Waals surface area contributed by atoms with Crippen LogP contribution in [0.2, 0.25) is 0 Å². The molecule has 11 heteroatoms. The third-order valence-electron chi connectivity index (χ3n) is 1.72. The molecular formula is C9H16N2O8S. The minimum Gasteiger partial charge on any atom is -0.464 e. The van der Waals surface area contributed by atoms with E-state index in [0.717, 1.165) is 7.11 Å². The molecule has 10 nitrogen and oxygen atoms in total. The Morgan fingerprint density at radius 2 is 1.50 bits per heavy atom. The lowest BCUT2D eigenvalue weighted by Crippen LogP contribution is -2.52. The summed E-state index contributed by atoms with van der Waals surface area (Å²) in [5, 5.41) is 0. The van der Waals surface area contributed by atoms with Crippen molar-refractivity contribution in [3.05, 3.63) is 0 Å². The molecule has 0 bridgehead atoms. The number of methoxy groups -OCH3 is 1. The highest BCUT2D eigenvalue weighted by molar-refractivity contribution is 7.88. The first-order valence-electron chi connectivity index (χ1n) is 5.48. The van der Waals surface area contributed by atoms with Crippen LogP contribution in [0.5, 0.6) is 0 Å². The van der Waals surface area contributed by atoms with E-state index < -0.39 is 34.3 Å². The molecule has 0 spiro atoms. The lowest BCUT2D eigenvalue weighted by Gasteiger charge is -2.15. The first-order valence-corrected chi connectivity index (χ1v) is 6.97. The molecule has 2 N–H and O–H groups in total. The molecule has 0 aliphatic heterocycles. The fourth-order valence-electron chi connectivity index (χ4n) is 0.980. The predicted octanol–water partition coefficient (Wildman–Crippen LogP) is -1.33. The second-order valence-corrected chi connectivity index (χ2v) is 4.60. The van der Waals surface area contributed by atoms with Gasteiger partial charge in [-0.1, -0.05) is 0 Å². The maximum absolute atomic E-state index is 11.5. The van der Waals surface area contributed by atoms with Gasteiger partial charge in [0.15, 0.2) is 0 Å². The summed E-state index contributed by atoms with van der Waals surface area (Å²) >= 11 is 0. The van der Waals surface area contributed by atoms with Gasteiger partial charge >= 0.3 is 28.2 Å². The van der Waals surface area contributed by atoms with Crippen LogP contribution in [0.15, 0.2) is 0 Å². The molecule has 0 aromatic heterocycles. The van der Waals surface area contributed by atoms with Crippen molar-refractivity contribution in [3.63, 3.8) is 0 Å². The summed E-state index contributed by atoms with van der Waals surface area (Å²) in [6, 6.07) is -1.92. The van der Waals surface area contributed by atoms with Gasteiger partial charge in [0.1, 0.15) is 0 Å². The number of carbonyl (C=O) groups is 3. The van der Waals surface area contributed by atoms with E-state index in [0.29, 0.717) is 0 Å². The molecule has 0 aromatic carbocycles. The van der Waals surface area contributed by atoms with Gasteiger partial charge in [0.2, 0.25) is 6.04 Å². The van der Waals surface area contributed by atoms with E-state index in [1.165, 1.54) is 18.6 Å². The highest BCUT2D eigenvalue weighted by atomic mass is 32.2. The van der Waals surface area contributed by atoms with Gasteiger partial charge in [-0.05, 0) is 13.8 Å². The van der Waals surface area contributed by atoms with Gasteiger partial charge in [-0.2, -0.15) is 13.1 Å². The minimum absolute atomic E-state index is 0.0686. The highest BCUT2D eigenvalue weighted by Crippen LogP contribution is 1.97. The Morgan fingerprint density at radius 1 is 1.05 bits per heavy atom. The molecular weight excluding hydrogens is 296 g/mol. The standard InChI is InChI=1S/C9H16N2O8S/c1-4-18-7(12)6(8(13)19-5-2)10-20(15,16)11-9(14)17-3/h6,10H,4-5H2,1-3H3,(H,11,14). The van der Waals surface area contributed by atoms with Crippen molar-refractivity contribution in [1.29, 1.82) is 0 Å². The minimum atomic E-state index is -4.50. The Hall–Kier alpha value is -1.88. The Kier molecular flexibility index (Phi) is 7.54. The molecule has 0 unspecified atom stereocenters. The zero-order valence-corrected chi connectivity index (χ0v) is 12.0. The molecule has 0 aromatic rings. The van der Waals surface area contributed by atoms with Crippen LogP contribution in [0.4, 0.5) is 4.79 Å². The molecule has 0 fully saturated rings. The lowest BCUT2D eigenvalue weighted by molar-refractivity contribution is -0.157. The third-order valence-corrected chi connectivity index (χ3v) is 2.70. The van der Waals surface area contributed by atoms with Crippen LogP contribution in [-0.2, 0) is 34.0 Å². The van der Waals surface area contributed by atoms with Crippen molar-refractivity contribution < 1.29 is 37.0 Å². The van der Waals surface area contributed by atoms with Crippen LogP contribution in [0, 0.1) is 0 Å². The first kappa shape index (κ1) is 18.1. The fraction of sp³-hybridized carbons (Fsp3) is 0.667. The number of hydrogen-bond acceptors (Lipinski definition) is 8. The Bertz CT molecular complexity index is 443. The van der Waals surface area contributed by atoms with E-state index in [1.807, 2.05) is 0 Å². The highest BCUT2D eigenvalue weighted by Gasteiger charge is 2.34. The number of ether oxygens (including phenoxy) is 3. The zero-order chi connectivity index (χ0) is 15.8. The predicted molar refractivity (Wildman–Crippen MR) is 64.7 cm³/mol. The number of carbonyl (C=O) groups excluding carboxylic acids is 3. The van der Waals surface area contributed by atoms with Crippen LogP contribution < -0.4 is 9.44 Å². The van der Waals surface area contributed by atoms with E-state index in [4.69, 9.17) is 0 Å². The molecule has 0 aliphatic carbocycles. The van der Waals surface area contributed by atoms with E-state index >= 15 is 0 Å². The summed E-state index contributed by atoms with van der Waals surface area (Å²) < 4.78 is 39.2. The molecule has 0 atom stereocenters. The van der Waals surface area contributed by atoms with Gasteiger partial charge in [0.05, 0.1) is 20.3 Å². The van der Waals surface area contributed by atoms with Crippen molar-refractivity contribution in [2.45, 2.75) is 19.9 Å². The van der Waals surface area contributed by atoms with Crippen LogP contribution in [0.25, 0.3) is 0 Å². The van der Waals surface area contributed by atoms with E-state index in [-0.39, 0.29) is 13.2 Å². The fourth-order valence-corrected chi connectivity index (χ4v) is 1.84. The van der Waals surface area contributed by atoms with Crippen LogP contribution in [0.3, 0.4) is 0 Å². The molecule has 0 heterocycles. The van der Waals surface area contributed by atoms with Gasteiger partial charge in [-0.15, -0.1) is 0 Å². The van der Waals surface area contributed by atoms with Gasteiger partial charge in [-0.25, -0.2) is 19.1 Å². The smallest absolute Gasteiger partial charge is 0.421 e. The normalized spacial score (nSPS) is 10.8. The first-order chi connectivity index (χ1) is 9.27. The number of nitrogens with one attached hydrogen (secondary N) is 2. The Balaban J connectivity index is 5.01. The summed E-state index contributed by atoms with van der Waals surface area (Å²) in [5.74, 6) is -2.30. The molecule has 0 rings (SSSR count). The Labute approximate surface area is 115 Å².